The summed E-state index contributed by atoms with van der Waals surface area (Å²) in [6.45, 7) is 10.5. The van der Waals surface area contributed by atoms with Crippen LogP contribution in [0.1, 0.15) is 91.2 Å². The zero-order valence-electron chi connectivity index (χ0n) is 20.5. The molecule has 1 aliphatic heterocycles. The molecule has 4 rings (SSSR count). The van der Waals surface area contributed by atoms with Crippen molar-refractivity contribution in [3.8, 4) is 0 Å². The first-order valence-electron chi connectivity index (χ1n) is 11.8. The van der Waals surface area contributed by atoms with Crippen LogP contribution in [-0.2, 0) is 6.42 Å². The van der Waals surface area contributed by atoms with E-state index >= 15 is 0 Å². The van der Waals surface area contributed by atoms with Gasteiger partial charge in [0, 0.05) is 44.7 Å². The van der Waals surface area contributed by atoms with Gasteiger partial charge in [0.2, 0.25) is 0 Å². The van der Waals surface area contributed by atoms with E-state index < -0.39 is 0 Å². The Hall–Kier alpha value is -2.45. The van der Waals surface area contributed by atoms with Crippen LogP contribution in [0, 0.1) is 6.92 Å². The van der Waals surface area contributed by atoms with Crippen molar-refractivity contribution in [1.82, 2.24) is 16.1 Å². The Balaban J connectivity index is 1.52. The Kier molecular flexibility index (Phi) is 6.75. The number of carbonyl (C=O) groups is 2. The summed E-state index contributed by atoms with van der Waals surface area (Å²) in [5.41, 5.74) is 5.43. The minimum absolute atomic E-state index is 0.0543. The molecule has 2 aromatic rings. The average molecular weight is 529 g/mol. The molecule has 0 radical (unpaired) electrons. The van der Waals surface area contributed by atoms with E-state index in [1.807, 2.05) is 19.1 Å². The first-order chi connectivity index (χ1) is 15.9. The summed E-state index contributed by atoms with van der Waals surface area (Å²) in [4.78, 5) is 25.7. The third-order valence-corrected chi connectivity index (χ3v) is 6.98. The molecule has 1 aliphatic carbocycles. The molecule has 0 unspecified atom stereocenters. The molecule has 1 aromatic heterocycles. The molecule has 2 heterocycles. The van der Waals surface area contributed by atoms with E-state index in [2.05, 4.69) is 64.8 Å². The van der Waals surface area contributed by atoms with Crippen LogP contribution in [0.15, 0.2) is 38.3 Å². The van der Waals surface area contributed by atoms with E-state index in [9.17, 15) is 9.59 Å². The number of hydrogen-bond donors (Lipinski definition) is 3. The molecule has 3 N–H and O–H groups in total. The molecule has 7 nitrogen and oxygen atoms in total. The van der Waals surface area contributed by atoms with Gasteiger partial charge in [-0.25, -0.2) is 5.43 Å². The van der Waals surface area contributed by atoms with Gasteiger partial charge in [-0.2, -0.15) is 5.10 Å². The van der Waals surface area contributed by atoms with Gasteiger partial charge in [0.1, 0.15) is 5.76 Å². The molecule has 0 bridgehead atoms. The number of amides is 2. The van der Waals surface area contributed by atoms with Crippen molar-refractivity contribution >= 4 is 33.5 Å². The van der Waals surface area contributed by atoms with E-state index in [1.54, 1.807) is 12.1 Å². The molecule has 1 aromatic carbocycles. The second-order valence-electron chi connectivity index (χ2n) is 10.7. The van der Waals surface area contributed by atoms with Gasteiger partial charge < -0.3 is 15.1 Å². The molecule has 1 saturated heterocycles. The van der Waals surface area contributed by atoms with Gasteiger partial charge in [0.25, 0.3) is 11.8 Å². The van der Waals surface area contributed by atoms with Crippen molar-refractivity contribution in [3.05, 3.63) is 56.9 Å². The lowest BCUT2D eigenvalue weighted by atomic mass is 9.79. The zero-order chi connectivity index (χ0) is 24.7. The smallest absolute Gasteiger partial charge is 0.287 e. The zero-order valence-corrected chi connectivity index (χ0v) is 22.1. The number of carbonyl (C=O) groups excluding carboxylic acids is 2. The fourth-order valence-corrected chi connectivity index (χ4v) is 5.72. The lowest BCUT2D eigenvalue weighted by Crippen LogP contribution is -2.62. The summed E-state index contributed by atoms with van der Waals surface area (Å²) in [6, 6.07) is 7.16. The number of fused-ring (bicyclic) bond motifs is 1. The summed E-state index contributed by atoms with van der Waals surface area (Å²) in [7, 11) is 0. The second-order valence-corrected chi connectivity index (χ2v) is 11.6. The maximum atomic E-state index is 13.2. The van der Waals surface area contributed by atoms with Crippen molar-refractivity contribution in [2.45, 2.75) is 83.8 Å². The van der Waals surface area contributed by atoms with Crippen LogP contribution in [-0.4, -0.2) is 34.6 Å². The van der Waals surface area contributed by atoms with Crippen molar-refractivity contribution in [2.24, 2.45) is 5.10 Å². The van der Waals surface area contributed by atoms with Crippen LogP contribution in [0.5, 0.6) is 0 Å². The van der Waals surface area contributed by atoms with E-state index in [4.69, 9.17) is 4.42 Å². The van der Waals surface area contributed by atoms with Gasteiger partial charge in [-0.1, -0.05) is 15.9 Å². The van der Waals surface area contributed by atoms with Crippen molar-refractivity contribution in [2.75, 3.05) is 0 Å². The number of aryl methyl sites for hydroxylation is 1. The number of rotatable bonds is 4. The predicted molar refractivity (Wildman–Crippen MR) is 136 cm³/mol. The Morgan fingerprint density at radius 1 is 1.06 bits per heavy atom. The van der Waals surface area contributed by atoms with Gasteiger partial charge >= 0.3 is 0 Å². The normalized spacial score (nSPS) is 20.6. The van der Waals surface area contributed by atoms with Gasteiger partial charge in [0.15, 0.2) is 5.76 Å². The minimum Gasteiger partial charge on any atom is -0.455 e. The first kappa shape index (κ1) is 24.7. The number of nitrogens with zero attached hydrogens (tertiary/aromatic N) is 1. The highest BCUT2D eigenvalue weighted by Crippen LogP contribution is 2.32. The summed E-state index contributed by atoms with van der Waals surface area (Å²) < 4.78 is 6.96. The molecular formula is C26H33BrN4O3. The fraction of sp³-hybridized carbons (Fsp3) is 0.500. The number of nitrogens with one attached hydrogen (secondary N) is 3. The molecule has 182 valence electrons. The Labute approximate surface area is 209 Å². The van der Waals surface area contributed by atoms with E-state index in [0.717, 1.165) is 52.8 Å². The number of benzene rings is 1. The second kappa shape index (κ2) is 9.30. The molecule has 8 heteroatoms. The molecule has 0 spiro atoms. The fourth-order valence-electron chi connectivity index (χ4n) is 5.46. The van der Waals surface area contributed by atoms with Crippen molar-refractivity contribution < 1.29 is 14.0 Å². The monoisotopic (exact) mass is 528 g/mol. The SMILES string of the molecule is Cc1c(C(=O)NC2CC(C)(C)NC(C)(C)C2)oc2c1/C(=N/NC(=O)c1ccc(Br)cc1)CCC2. The van der Waals surface area contributed by atoms with Gasteiger partial charge in [-0.15, -0.1) is 0 Å². The highest BCUT2D eigenvalue weighted by Gasteiger charge is 2.39. The first-order valence-corrected chi connectivity index (χ1v) is 12.6. The van der Waals surface area contributed by atoms with Crippen molar-refractivity contribution in [1.29, 1.82) is 0 Å². The number of piperidine rings is 1. The summed E-state index contributed by atoms with van der Waals surface area (Å²) in [5.74, 6) is 0.635. The highest BCUT2D eigenvalue weighted by atomic mass is 79.9. The molecule has 2 amide bonds. The molecule has 0 saturated carbocycles. The molecular weight excluding hydrogens is 496 g/mol. The van der Waals surface area contributed by atoms with Crippen LogP contribution < -0.4 is 16.1 Å². The number of hydrazone groups is 1. The van der Waals surface area contributed by atoms with Crippen LogP contribution in [0.25, 0.3) is 0 Å². The van der Waals surface area contributed by atoms with Crippen LogP contribution in [0.4, 0.5) is 0 Å². The quantitative estimate of drug-likeness (QED) is 0.493. The van der Waals surface area contributed by atoms with Gasteiger partial charge in [-0.05, 0) is 84.6 Å². The minimum atomic E-state index is -0.276. The van der Waals surface area contributed by atoms with Crippen molar-refractivity contribution in [3.63, 3.8) is 0 Å². The summed E-state index contributed by atoms with van der Waals surface area (Å²) in [5, 5.41) is 11.3. The molecule has 1 fully saturated rings. The Bertz CT molecular complexity index is 1120. The lowest BCUT2D eigenvalue weighted by molar-refractivity contribution is 0.0842. The Morgan fingerprint density at radius 3 is 2.35 bits per heavy atom. The lowest BCUT2D eigenvalue weighted by Gasteiger charge is -2.46. The maximum Gasteiger partial charge on any atom is 0.287 e. The van der Waals surface area contributed by atoms with E-state index in [1.165, 1.54) is 0 Å². The maximum absolute atomic E-state index is 13.2. The van der Waals surface area contributed by atoms with Crippen LogP contribution in [0.3, 0.4) is 0 Å². The van der Waals surface area contributed by atoms with Gasteiger partial charge in [0.05, 0.1) is 5.71 Å². The largest absolute Gasteiger partial charge is 0.455 e. The average Bonchev–Trinajstić information content (AvgIpc) is 3.07. The van der Waals surface area contributed by atoms with Gasteiger partial charge in [-0.3, -0.25) is 9.59 Å². The molecule has 2 aliphatic rings. The number of furan rings is 1. The summed E-state index contributed by atoms with van der Waals surface area (Å²) in [6.07, 6.45) is 4.00. The molecule has 34 heavy (non-hydrogen) atoms. The van der Waals surface area contributed by atoms with E-state index in [0.29, 0.717) is 17.7 Å². The number of halogens is 1. The van der Waals surface area contributed by atoms with Crippen LogP contribution in [0.2, 0.25) is 0 Å². The number of hydrogen-bond acceptors (Lipinski definition) is 5. The topological polar surface area (TPSA) is 95.7 Å². The third kappa shape index (κ3) is 5.44. The van der Waals surface area contributed by atoms with E-state index in [-0.39, 0.29) is 28.9 Å². The Morgan fingerprint density at radius 2 is 1.71 bits per heavy atom. The standard InChI is InChI=1S/C26H33BrN4O3/c1-15-21-19(29-30-23(32)16-9-11-17(27)12-10-16)7-6-8-20(21)34-22(15)24(33)28-18-13-25(2,3)31-26(4,5)14-18/h9-12,18,31H,6-8,13-14H2,1-5H3,(H,28,33)(H,30,32)/b29-19+. The highest BCUT2D eigenvalue weighted by molar-refractivity contribution is 9.10. The predicted octanol–water partition coefficient (Wildman–Crippen LogP) is 4.86. The van der Waals surface area contributed by atoms with Crippen LogP contribution >= 0.6 is 15.9 Å². The molecule has 0 atom stereocenters. The third-order valence-electron chi connectivity index (χ3n) is 6.46. The summed E-state index contributed by atoms with van der Waals surface area (Å²) >= 11 is 3.37.